The molecule has 2 aliphatic rings. The smallest absolute Gasteiger partial charge is 0.00980 e. The first kappa shape index (κ1) is 9.51. The number of fused-ring (bicyclic) bond motifs is 1. The van der Waals surface area contributed by atoms with E-state index in [-0.39, 0.29) is 0 Å². The molecule has 3 unspecified atom stereocenters. The molecule has 0 aromatic carbocycles. The van der Waals surface area contributed by atoms with Crippen LogP contribution in [0.4, 0.5) is 0 Å². The van der Waals surface area contributed by atoms with Crippen LogP contribution < -0.4 is 5.32 Å². The molecule has 0 radical (unpaired) electrons. The fraction of sp³-hybridized carbons (Fsp3) is 1.00. The van der Waals surface area contributed by atoms with E-state index in [1.165, 1.54) is 38.5 Å². The van der Waals surface area contributed by atoms with Gasteiger partial charge in [-0.25, -0.2) is 0 Å². The molecule has 13 heavy (non-hydrogen) atoms. The maximum absolute atomic E-state index is 3.85. The SMILES string of the molecule is CC(C)C1CCC2CCCCC2N1. The molecule has 1 aliphatic carbocycles. The minimum Gasteiger partial charge on any atom is -0.311 e. The highest BCUT2D eigenvalue weighted by molar-refractivity contribution is 4.90. The van der Waals surface area contributed by atoms with Gasteiger partial charge in [0.05, 0.1) is 0 Å². The normalized spacial score (nSPS) is 40.4. The highest BCUT2D eigenvalue weighted by Gasteiger charge is 2.32. The van der Waals surface area contributed by atoms with Crippen LogP contribution in [0.3, 0.4) is 0 Å². The third kappa shape index (κ3) is 2.07. The first-order chi connectivity index (χ1) is 6.27. The summed E-state index contributed by atoms with van der Waals surface area (Å²) in [6, 6.07) is 1.68. The van der Waals surface area contributed by atoms with E-state index in [0.29, 0.717) is 0 Å². The Morgan fingerprint density at radius 1 is 1.00 bits per heavy atom. The van der Waals surface area contributed by atoms with Gasteiger partial charge in [0, 0.05) is 12.1 Å². The molecule has 2 rings (SSSR count). The van der Waals surface area contributed by atoms with E-state index in [2.05, 4.69) is 19.2 Å². The van der Waals surface area contributed by atoms with E-state index in [1.54, 1.807) is 0 Å². The molecular weight excluding hydrogens is 158 g/mol. The Bertz CT molecular complexity index is 165. The minimum atomic E-state index is 0.805. The average molecular weight is 181 g/mol. The number of hydrogen-bond acceptors (Lipinski definition) is 1. The zero-order chi connectivity index (χ0) is 9.26. The Morgan fingerprint density at radius 3 is 2.54 bits per heavy atom. The molecule has 1 N–H and O–H groups in total. The molecule has 1 heterocycles. The second kappa shape index (κ2) is 4.00. The van der Waals surface area contributed by atoms with E-state index in [0.717, 1.165) is 23.9 Å². The van der Waals surface area contributed by atoms with Crippen molar-refractivity contribution in [1.82, 2.24) is 5.32 Å². The lowest BCUT2D eigenvalue weighted by atomic mass is 9.76. The molecule has 2 fully saturated rings. The van der Waals surface area contributed by atoms with E-state index in [1.807, 2.05) is 0 Å². The fourth-order valence-corrected chi connectivity index (χ4v) is 3.05. The quantitative estimate of drug-likeness (QED) is 0.656. The van der Waals surface area contributed by atoms with Gasteiger partial charge < -0.3 is 5.32 Å². The molecular formula is C12H23N. The van der Waals surface area contributed by atoms with Crippen molar-refractivity contribution in [3.63, 3.8) is 0 Å². The molecule has 1 nitrogen and oxygen atoms in total. The van der Waals surface area contributed by atoms with Crippen LogP contribution in [0.5, 0.6) is 0 Å². The van der Waals surface area contributed by atoms with Gasteiger partial charge in [-0.15, -0.1) is 0 Å². The van der Waals surface area contributed by atoms with Crippen molar-refractivity contribution in [3.05, 3.63) is 0 Å². The Hall–Kier alpha value is -0.0400. The van der Waals surface area contributed by atoms with Crippen LogP contribution in [-0.2, 0) is 0 Å². The highest BCUT2D eigenvalue weighted by Crippen LogP contribution is 2.33. The molecule has 1 aliphatic heterocycles. The lowest BCUT2D eigenvalue weighted by Gasteiger charge is -2.42. The van der Waals surface area contributed by atoms with Crippen LogP contribution in [-0.4, -0.2) is 12.1 Å². The molecule has 0 spiro atoms. The maximum Gasteiger partial charge on any atom is 0.00980 e. The van der Waals surface area contributed by atoms with Gasteiger partial charge in [-0.05, 0) is 37.5 Å². The molecule has 1 saturated carbocycles. The molecule has 76 valence electrons. The zero-order valence-electron chi connectivity index (χ0n) is 9.05. The summed E-state index contributed by atoms with van der Waals surface area (Å²) in [5, 5.41) is 3.85. The molecule has 1 heteroatoms. The van der Waals surface area contributed by atoms with Crippen molar-refractivity contribution in [2.24, 2.45) is 11.8 Å². The van der Waals surface area contributed by atoms with Gasteiger partial charge in [0.2, 0.25) is 0 Å². The number of nitrogens with one attached hydrogen (secondary N) is 1. The molecule has 0 aromatic heterocycles. The summed E-state index contributed by atoms with van der Waals surface area (Å²) >= 11 is 0. The topological polar surface area (TPSA) is 12.0 Å². The van der Waals surface area contributed by atoms with Gasteiger partial charge in [-0.3, -0.25) is 0 Å². The van der Waals surface area contributed by atoms with Crippen molar-refractivity contribution in [1.29, 1.82) is 0 Å². The Morgan fingerprint density at radius 2 is 1.77 bits per heavy atom. The van der Waals surface area contributed by atoms with E-state index in [9.17, 15) is 0 Å². The van der Waals surface area contributed by atoms with Gasteiger partial charge in [0.25, 0.3) is 0 Å². The standard InChI is InChI=1S/C12H23N/c1-9(2)11-8-7-10-5-3-4-6-12(10)13-11/h9-13H,3-8H2,1-2H3. The lowest BCUT2D eigenvalue weighted by Crippen LogP contribution is -2.50. The van der Waals surface area contributed by atoms with Crippen LogP contribution in [0.2, 0.25) is 0 Å². The van der Waals surface area contributed by atoms with Gasteiger partial charge in [0.15, 0.2) is 0 Å². The third-order valence-corrected chi connectivity index (χ3v) is 3.99. The first-order valence-electron chi connectivity index (χ1n) is 6.03. The molecule has 3 atom stereocenters. The van der Waals surface area contributed by atoms with Gasteiger partial charge in [0.1, 0.15) is 0 Å². The maximum atomic E-state index is 3.85. The number of rotatable bonds is 1. The minimum absolute atomic E-state index is 0.805. The average Bonchev–Trinajstić information content (AvgIpc) is 2.17. The van der Waals surface area contributed by atoms with E-state index < -0.39 is 0 Å². The van der Waals surface area contributed by atoms with Gasteiger partial charge in [-0.2, -0.15) is 0 Å². The second-order valence-electron chi connectivity index (χ2n) is 5.25. The van der Waals surface area contributed by atoms with Crippen LogP contribution in [0, 0.1) is 11.8 Å². The summed E-state index contributed by atoms with van der Waals surface area (Å²) in [4.78, 5) is 0. The van der Waals surface area contributed by atoms with Crippen molar-refractivity contribution in [3.8, 4) is 0 Å². The summed E-state index contributed by atoms with van der Waals surface area (Å²) in [5.41, 5.74) is 0. The van der Waals surface area contributed by atoms with Gasteiger partial charge in [-0.1, -0.05) is 26.7 Å². The Balaban J connectivity index is 1.91. The summed E-state index contributed by atoms with van der Waals surface area (Å²) in [7, 11) is 0. The zero-order valence-corrected chi connectivity index (χ0v) is 9.05. The molecule has 0 aromatic rings. The summed E-state index contributed by atoms with van der Waals surface area (Å²) < 4.78 is 0. The van der Waals surface area contributed by atoms with Crippen LogP contribution in [0.25, 0.3) is 0 Å². The number of piperidine rings is 1. The predicted molar refractivity (Wildman–Crippen MR) is 56.7 cm³/mol. The predicted octanol–water partition coefficient (Wildman–Crippen LogP) is 2.95. The first-order valence-corrected chi connectivity index (χ1v) is 6.03. The highest BCUT2D eigenvalue weighted by atomic mass is 15.0. The molecule has 0 bridgehead atoms. The van der Waals surface area contributed by atoms with Crippen LogP contribution >= 0.6 is 0 Å². The Labute approximate surface area is 82.3 Å². The summed E-state index contributed by atoms with van der Waals surface area (Å²) in [6.45, 7) is 4.70. The third-order valence-electron chi connectivity index (χ3n) is 3.99. The lowest BCUT2D eigenvalue weighted by molar-refractivity contribution is 0.155. The summed E-state index contributed by atoms with van der Waals surface area (Å²) in [6.07, 6.45) is 8.77. The van der Waals surface area contributed by atoms with Crippen molar-refractivity contribution < 1.29 is 0 Å². The van der Waals surface area contributed by atoms with Crippen LogP contribution in [0.15, 0.2) is 0 Å². The molecule has 1 saturated heterocycles. The summed E-state index contributed by atoms with van der Waals surface area (Å²) in [5.74, 6) is 1.84. The second-order valence-corrected chi connectivity index (χ2v) is 5.25. The monoisotopic (exact) mass is 181 g/mol. The molecule has 0 amide bonds. The Kier molecular flexibility index (Phi) is 2.92. The van der Waals surface area contributed by atoms with Crippen molar-refractivity contribution in [2.45, 2.75) is 64.5 Å². The van der Waals surface area contributed by atoms with Gasteiger partial charge >= 0.3 is 0 Å². The number of hydrogen-bond donors (Lipinski definition) is 1. The largest absolute Gasteiger partial charge is 0.311 e. The van der Waals surface area contributed by atoms with Crippen molar-refractivity contribution >= 4 is 0 Å². The van der Waals surface area contributed by atoms with Crippen LogP contribution in [0.1, 0.15) is 52.4 Å². The van der Waals surface area contributed by atoms with E-state index in [4.69, 9.17) is 0 Å². The van der Waals surface area contributed by atoms with Crippen molar-refractivity contribution in [2.75, 3.05) is 0 Å². The van der Waals surface area contributed by atoms with E-state index >= 15 is 0 Å². The fourth-order valence-electron chi connectivity index (χ4n) is 3.05.